The fourth-order valence-electron chi connectivity index (χ4n) is 0.391. The Morgan fingerprint density at radius 1 is 0.938 bits per heavy atom. The average Bonchev–Trinajstić information content (AvgIpc) is 1.72. The van der Waals surface area contributed by atoms with Crippen molar-refractivity contribution >= 4 is 30.3 Å². The van der Waals surface area contributed by atoms with Crippen molar-refractivity contribution in [2.24, 2.45) is 0 Å². The highest BCUT2D eigenvalue weighted by molar-refractivity contribution is 8.17. The van der Waals surface area contributed by atoms with Gasteiger partial charge in [-0.1, -0.05) is 0 Å². The first kappa shape index (κ1) is 15.5. The third-order valence-corrected chi connectivity index (χ3v) is 5.39. The van der Waals surface area contributed by atoms with Crippen molar-refractivity contribution in [2.45, 2.75) is 5.51 Å². The molecule has 98 valence electrons. The van der Waals surface area contributed by atoms with Crippen molar-refractivity contribution in [1.82, 2.24) is 0 Å². The summed E-state index contributed by atoms with van der Waals surface area (Å²) in [6, 6.07) is 0. The standard InChI is InChI=1S/C2H2F4NO6S3/c3-2(4,5)16(12,13)7-15(10,11)1-14(6,8)9/h1H2/q-1. The van der Waals surface area contributed by atoms with Gasteiger partial charge in [-0.05, 0) is 0 Å². The van der Waals surface area contributed by atoms with Crippen molar-refractivity contribution in [3.8, 4) is 0 Å². The van der Waals surface area contributed by atoms with Crippen LogP contribution < -0.4 is 0 Å². The monoisotopic (exact) mass is 308 g/mol. The molecule has 0 rings (SSSR count). The number of hydrogen-bond acceptors (Lipinski definition) is 6. The van der Waals surface area contributed by atoms with E-state index in [4.69, 9.17) is 0 Å². The van der Waals surface area contributed by atoms with E-state index in [1.165, 1.54) is 4.13 Å². The Hall–Kier alpha value is -0.470. The van der Waals surface area contributed by atoms with E-state index in [-0.39, 0.29) is 0 Å². The minimum Gasteiger partial charge on any atom is -0.427 e. The van der Waals surface area contributed by atoms with Gasteiger partial charge in [0.2, 0.25) is 0 Å². The van der Waals surface area contributed by atoms with Crippen LogP contribution in [-0.2, 0) is 30.3 Å². The zero-order chi connectivity index (χ0) is 13.4. The molecule has 0 aromatic heterocycles. The van der Waals surface area contributed by atoms with Crippen molar-refractivity contribution in [3.05, 3.63) is 4.13 Å². The second-order valence-electron chi connectivity index (χ2n) is 2.23. The van der Waals surface area contributed by atoms with E-state index in [0.717, 1.165) is 0 Å². The Labute approximate surface area is 87.8 Å². The zero-order valence-electron chi connectivity index (χ0n) is 6.84. The van der Waals surface area contributed by atoms with Crippen molar-refractivity contribution in [3.63, 3.8) is 0 Å². The minimum absolute atomic E-state index is 1.30. The number of nitrogens with zero attached hydrogens (tertiary/aromatic N) is 1. The first-order valence-electron chi connectivity index (χ1n) is 2.87. The summed E-state index contributed by atoms with van der Waals surface area (Å²) in [6.07, 6.45) is 0. The number of rotatable bonds is 4. The van der Waals surface area contributed by atoms with Crippen molar-refractivity contribution in [2.75, 3.05) is 5.08 Å². The predicted octanol–water partition coefficient (Wildman–Crippen LogP) is -0.204. The molecule has 0 heterocycles. The maximum Gasteiger partial charge on any atom is 0.480 e. The van der Waals surface area contributed by atoms with Crippen molar-refractivity contribution in [1.29, 1.82) is 0 Å². The highest BCUT2D eigenvalue weighted by Gasteiger charge is 2.40. The Morgan fingerprint density at radius 3 is 1.56 bits per heavy atom. The molecule has 0 aromatic rings. The molecule has 0 atom stereocenters. The zero-order valence-corrected chi connectivity index (χ0v) is 9.29. The van der Waals surface area contributed by atoms with E-state index in [1.54, 1.807) is 0 Å². The summed E-state index contributed by atoms with van der Waals surface area (Å²) in [6.45, 7) is 0. The maximum absolute atomic E-state index is 11.8. The molecule has 0 aromatic carbocycles. The first-order chi connectivity index (χ1) is 6.66. The van der Waals surface area contributed by atoms with Crippen LogP contribution in [-0.4, -0.2) is 35.8 Å². The summed E-state index contributed by atoms with van der Waals surface area (Å²) in [5.74, 6) is 0. The average molecular weight is 308 g/mol. The molecule has 0 aliphatic carbocycles. The molecule has 0 aliphatic heterocycles. The Balaban J connectivity index is 5.19. The number of alkyl halides is 3. The van der Waals surface area contributed by atoms with Crippen LogP contribution >= 0.6 is 0 Å². The van der Waals surface area contributed by atoms with Gasteiger partial charge in [-0.2, -0.15) is 21.6 Å². The van der Waals surface area contributed by atoms with E-state index in [1.807, 2.05) is 0 Å². The van der Waals surface area contributed by atoms with Gasteiger partial charge in [0.05, 0.1) is 0 Å². The molecule has 16 heavy (non-hydrogen) atoms. The Kier molecular flexibility index (Phi) is 3.96. The number of sulfonamides is 2. The molecular weight excluding hydrogens is 306 g/mol. The molecule has 0 saturated carbocycles. The molecule has 0 aliphatic rings. The Morgan fingerprint density at radius 2 is 1.31 bits per heavy atom. The Bertz CT molecular complexity index is 553. The van der Waals surface area contributed by atoms with Gasteiger partial charge in [-0.3, -0.25) is 0 Å². The van der Waals surface area contributed by atoms with Crippen LogP contribution in [0.1, 0.15) is 0 Å². The van der Waals surface area contributed by atoms with E-state index in [9.17, 15) is 42.3 Å². The van der Waals surface area contributed by atoms with E-state index < -0.39 is 40.9 Å². The van der Waals surface area contributed by atoms with Crippen LogP contribution in [0, 0.1) is 0 Å². The third-order valence-electron chi connectivity index (χ3n) is 0.794. The molecular formula is C2H2F4NO6S3-. The van der Waals surface area contributed by atoms with Gasteiger partial charge in [0, 0.05) is 0 Å². The lowest BCUT2D eigenvalue weighted by Crippen LogP contribution is -2.25. The predicted molar refractivity (Wildman–Crippen MR) is 42.1 cm³/mol. The van der Waals surface area contributed by atoms with Gasteiger partial charge in [0.15, 0.2) is 15.1 Å². The van der Waals surface area contributed by atoms with Gasteiger partial charge in [0.1, 0.15) is 10.0 Å². The number of halogens is 4. The van der Waals surface area contributed by atoms with Crippen LogP contribution in [0.2, 0.25) is 0 Å². The molecule has 0 saturated heterocycles. The van der Waals surface area contributed by atoms with Crippen LogP contribution in [0.3, 0.4) is 0 Å². The van der Waals surface area contributed by atoms with Crippen LogP contribution in [0.4, 0.5) is 17.1 Å². The summed E-state index contributed by atoms with van der Waals surface area (Å²) in [7, 11) is -17.8. The highest BCUT2D eigenvalue weighted by atomic mass is 32.3. The SMILES string of the molecule is O=S(=O)(F)CS(=O)(=O)[N-]S(=O)(=O)C(F)(F)F. The normalized spacial score (nSPS) is 15.0. The van der Waals surface area contributed by atoms with Crippen LogP contribution in [0.25, 0.3) is 4.13 Å². The molecule has 0 N–H and O–H groups in total. The molecule has 0 radical (unpaired) electrons. The fraction of sp³-hybridized carbons (Fsp3) is 1.00. The summed E-state index contributed by atoms with van der Waals surface area (Å²) < 4.78 is 109. The molecule has 7 nitrogen and oxygen atoms in total. The first-order valence-corrected chi connectivity index (χ1v) is 7.47. The maximum atomic E-state index is 11.8. The third kappa shape index (κ3) is 5.04. The minimum atomic E-state index is -6.42. The summed E-state index contributed by atoms with van der Waals surface area (Å²) in [5.41, 5.74) is -6.01. The summed E-state index contributed by atoms with van der Waals surface area (Å²) >= 11 is 0. The van der Waals surface area contributed by atoms with Crippen molar-refractivity contribution < 1.29 is 42.3 Å². The largest absolute Gasteiger partial charge is 0.480 e. The molecule has 14 heteroatoms. The molecule has 0 fully saturated rings. The second kappa shape index (κ2) is 4.08. The van der Waals surface area contributed by atoms with Crippen LogP contribution in [0.5, 0.6) is 0 Å². The quantitative estimate of drug-likeness (QED) is 0.524. The summed E-state index contributed by atoms with van der Waals surface area (Å²) in [4.78, 5) is 0. The van der Waals surface area contributed by atoms with E-state index in [0.29, 0.717) is 0 Å². The van der Waals surface area contributed by atoms with Gasteiger partial charge in [-0.15, -0.1) is 3.89 Å². The molecule has 0 unspecified atom stereocenters. The summed E-state index contributed by atoms with van der Waals surface area (Å²) in [5, 5.41) is -2.48. The molecule has 0 bridgehead atoms. The number of hydrogen-bond donors (Lipinski definition) is 0. The van der Waals surface area contributed by atoms with Gasteiger partial charge in [-0.25, -0.2) is 16.8 Å². The lowest BCUT2D eigenvalue weighted by Gasteiger charge is -2.20. The van der Waals surface area contributed by atoms with Gasteiger partial charge >= 0.3 is 15.7 Å². The highest BCUT2D eigenvalue weighted by Crippen LogP contribution is 2.30. The second-order valence-corrected chi connectivity index (χ2v) is 7.43. The lowest BCUT2D eigenvalue weighted by molar-refractivity contribution is -0.0425. The molecule has 0 amide bonds. The fourth-order valence-corrected chi connectivity index (χ4v) is 3.91. The van der Waals surface area contributed by atoms with Gasteiger partial charge in [0.25, 0.3) is 0 Å². The topological polar surface area (TPSA) is 117 Å². The van der Waals surface area contributed by atoms with Crippen LogP contribution in [0.15, 0.2) is 0 Å². The molecule has 0 spiro atoms. The van der Waals surface area contributed by atoms with E-state index >= 15 is 0 Å². The smallest absolute Gasteiger partial charge is 0.427 e. The lowest BCUT2D eigenvalue weighted by atomic mass is 11.6. The van der Waals surface area contributed by atoms with E-state index in [2.05, 4.69) is 0 Å². The van der Waals surface area contributed by atoms with Gasteiger partial charge < -0.3 is 4.13 Å².